The van der Waals surface area contributed by atoms with Crippen molar-refractivity contribution < 1.29 is 8.83 Å². The van der Waals surface area contributed by atoms with Crippen molar-refractivity contribution in [2.24, 2.45) is 4.99 Å². The zero-order chi connectivity index (χ0) is 74.9. The van der Waals surface area contributed by atoms with Gasteiger partial charge in [-0.3, -0.25) is 21.3 Å². The second-order valence-electron chi connectivity index (χ2n) is 30.1. The highest BCUT2D eigenvalue weighted by atomic mass is 32.1. The fourth-order valence-corrected chi connectivity index (χ4v) is 20.4. The highest BCUT2D eigenvalue weighted by Crippen LogP contribution is 2.49. The van der Waals surface area contributed by atoms with Crippen molar-refractivity contribution in [2.75, 3.05) is 0 Å². The molecule has 5 atom stereocenters. The van der Waals surface area contributed by atoms with Gasteiger partial charge in [0, 0.05) is 78.6 Å². The van der Waals surface area contributed by atoms with E-state index in [1.807, 2.05) is 28.7 Å². The smallest absolute Gasteiger partial charge is 0.143 e. The van der Waals surface area contributed by atoms with E-state index in [4.69, 9.17) is 13.8 Å². The standard InChI is InChI=1S/C104H70N6O2S2/c1-4-20-61(21-5-1)76-54-55-89-96(84-30-13-15-34-87(84)111-89)93(76)71-47-43-69-59-73(49-45-67(69)57-71)102-107-100(65-24-8-3-9-25-65)109-104(110-102)86-33-18-32-85-94-82(31-19-37-91(94)114-98(85)86)79-27-11-10-26-75(79)62-38-40-63(41-39-62)78-53-52-77(95-83-29-12-16-35-88(83)112-97(78)95)70-46-42-68-58-72(48-44-66(68)56-70)101-105-99(64-22-6-2-7-23-64)106-103(108-101)74-50-51-81-80-28-14-17-36-90(80)113-92(81)60-74/h1-60,99-103,105-108H,(H,109,110). The minimum Gasteiger partial charge on any atom is -0.456 e. The molecular formula is C104H70N6O2S2. The molecule has 1 fully saturated rings. The lowest BCUT2D eigenvalue weighted by molar-refractivity contribution is 0.203. The number of para-hydroxylation sites is 2. The van der Waals surface area contributed by atoms with E-state index in [1.54, 1.807) is 0 Å². The van der Waals surface area contributed by atoms with Crippen LogP contribution in [0.25, 0.3) is 173 Å². The predicted octanol–water partition coefficient (Wildman–Crippen LogP) is 27.0. The summed E-state index contributed by atoms with van der Waals surface area (Å²) in [5.74, 6) is 0.849. The number of rotatable bonds is 12. The predicted molar refractivity (Wildman–Crippen MR) is 476 cm³/mol. The SMILES string of the molecule is c1ccc(-c2ccc3oc4ccccc4c3c2-c2ccc3cc(C4NC(c5cccc6c5sc5cccc(-c7ccccc7-c7ccc(-c8ccc(-c9ccc%10cc(C%11NC(c%12ccccc%12)NC(c%12ccc%13c(c%12)sc%12ccccc%12%13)N%11)ccc%10c9)c9c8oc8ccccc89)cc7)c56)=NC(c5ccccc5)N4)ccc3c2)cc1. The fraction of sp³-hybridized carbons (Fsp3) is 0.0481. The van der Waals surface area contributed by atoms with Crippen LogP contribution in [0.3, 0.4) is 0 Å². The van der Waals surface area contributed by atoms with E-state index in [1.165, 1.54) is 95.6 Å². The van der Waals surface area contributed by atoms with Crippen molar-refractivity contribution in [2.45, 2.75) is 30.8 Å². The van der Waals surface area contributed by atoms with E-state index in [0.29, 0.717) is 0 Å². The number of furan rings is 2. The van der Waals surface area contributed by atoms with Crippen molar-refractivity contribution in [1.82, 2.24) is 26.6 Å². The lowest BCUT2D eigenvalue weighted by Crippen LogP contribution is -2.54. The highest BCUT2D eigenvalue weighted by molar-refractivity contribution is 7.26. The summed E-state index contributed by atoms with van der Waals surface area (Å²) < 4.78 is 18.5. The van der Waals surface area contributed by atoms with Crippen molar-refractivity contribution in [3.63, 3.8) is 0 Å². The van der Waals surface area contributed by atoms with Crippen molar-refractivity contribution in [3.8, 4) is 66.8 Å². The van der Waals surface area contributed by atoms with Gasteiger partial charge in [0.05, 0.1) is 18.5 Å². The number of fused-ring (bicyclic) bond motifs is 14. The van der Waals surface area contributed by atoms with Crippen LogP contribution in [0.1, 0.15) is 64.2 Å². The van der Waals surface area contributed by atoms with Crippen LogP contribution in [0.2, 0.25) is 0 Å². The molecule has 5 unspecified atom stereocenters. The monoisotopic (exact) mass is 1500 g/mol. The largest absolute Gasteiger partial charge is 0.456 e. The van der Waals surface area contributed by atoms with Crippen LogP contribution in [0.5, 0.6) is 0 Å². The number of hydrogen-bond donors (Lipinski definition) is 5. The maximum atomic E-state index is 6.97. The number of nitrogens with one attached hydrogen (secondary N) is 5. The third-order valence-corrected chi connectivity index (χ3v) is 25.8. The van der Waals surface area contributed by atoms with Gasteiger partial charge >= 0.3 is 0 Å². The molecule has 10 heteroatoms. The first-order chi connectivity index (χ1) is 56.4. The summed E-state index contributed by atoms with van der Waals surface area (Å²) in [5, 5.41) is 33.8. The molecule has 4 aromatic heterocycles. The van der Waals surface area contributed by atoms with Crippen LogP contribution >= 0.6 is 22.7 Å². The molecule has 5 N–H and O–H groups in total. The molecular weight excluding hydrogens is 1430 g/mol. The summed E-state index contributed by atoms with van der Waals surface area (Å²) in [7, 11) is 0. The molecule has 8 nitrogen and oxygen atoms in total. The molecule has 2 aliphatic rings. The molecule has 0 amide bonds. The van der Waals surface area contributed by atoms with E-state index in [-0.39, 0.29) is 30.8 Å². The van der Waals surface area contributed by atoms with E-state index >= 15 is 0 Å². The van der Waals surface area contributed by atoms with Crippen LogP contribution in [0, 0.1) is 0 Å². The molecule has 0 spiro atoms. The average molecular weight is 1500 g/mol. The van der Waals surface area contributed by atoms with Crippen molar-refractivity contribution in [1.29, 1.82) is 0 Å². The van der Waals surface area contributed by atoms with Gasteiger partial charge in [0.15, 0.2) is 0 Å². The number of aliphatic imine (C=N–C) groups is 1. The summed E-state index contributed by atoms with van der Waals surface area (Å²) in [6.07, 6.45) is -0.886. The Labute approximate surface area is 665 Å². The maximum absolute atomic E-state index is 6.97. The molecule has 114 heavy (non-hydrogen) atoms. The third kappa shape index (κ3) is 11.4. The molecule has 540 valence electrons. The maximum Gasteiger partial charge on any atom is 0.143 e. The molecule has 6 heterocycles. The van der Waals surface area contributed by atoms with Crippen molar-refractivity contribution >= 4 is 134 Å². The Morgan fingerprint density at radius 3 is 1.53 bits per heavy atom. The molecule has 21 aromatic rings. The Balaban J connectivity index is 0.548. The van der Waals surface area contributed by atoms with Gasteiger partial charge in [-0.2, -0.15) is 0 Å². The van der Waals surface area contributed by atoms with Crippen LogP contribution in [-0.4, -0.2) is 5.84 Å². The Morgan fingerprint density at radius 1 is 0.254 bits per heavy atom. The van der Waals surface area contributed by atoms with Crippen LogP contribution < -0.4 is 26.6 Å². The van der Waals surface area contributed by atoms with E-state index < -0.39 is 0 Å². The highest BCUT2D eigenvalue weighted by Gasteiger charge is 2.32. The van der Waals surface area contributed by atoms with Gasteiger partial charge in [-0.1, -0.05) is 291 Å². The summed E-state index contributed by atoms with van der Waals surface area (Å²) in [6.45, 7) is 0. The van der Waals surface area contributed by atoms with Crippen LogP contribution in [0.4, 0.5) is 0 Å². The van der Waals surface area contributed by atoms with Gasteiger partial charge in [0.1, 0.15) is 40.5 Å². The van der Waals surface area contributed by atoms with Gasteiger partial charge < -0.3 is 14.2 Å². The quantitative estimate of drug-likeness (QED) is 0.0831. The number of hydrogen-bond acceptors (Lipinski definition) is 10. The lowest BCUT2D eigenvalue weighted by Gasteiger charge is -2.39. The van der Waals surface area contributed by atoms with Crippen LogP contribution in [0.15, 0.2) is 378 Å². The first kappa shape index (κ1) is 66.4. The molecule has 17 aromatic carbocycles. The van der Waals surface area contributed by atoms with E-state index in [2.05, 4.69) is 384 Å². The van der Waals surface area contributed by atoms with Gasteiger partial charge in [-0.25, -0.2) is 4.99 Å². The topological polar surface area (TPSA) is 98.8 Å². The Morgan fingerprint density at radius 2 is 0.763 bits per heavy atom. The van der Waals surface area contributed by atoms with E-state index in [9.17, 15) is 0 Å². The van der Waals surface area contributed by atoms with Gasteiger partial charge in [-0.05, 0) is 178 Å². The third-order valence-electron chi connectivity index (χ3n) is 23.5. The molecule has 1 saturated heterocycles. The average Bonchev–Trinajstić information content (AvgIpc) is 1.62. The number of thiophene rings is 2. The lowest BCUT2D eigenvalue weighted by atomic mass is 9.89. The Kier molecular flexibility index (Phi) is 15.9. The summed E-state index contributed by atoms with van der Waals surface area (Å²) in [5.41, 5.74) is 24.1. The molecule has 0 aliphatic carbocycles. The molecule has 2 aliphatic heterocycles. The number of nitrogens with zero attached hydrogens (tertiary/aromatic N) is 1. The minimum absolute atomic E-state index is 0.0824. The summed E-state index contributed by atoms with van der Waals surface area (Å²) in [6, 6.07) is 132. The number of benzene rings is 17. The minimum atomic E-state index is -0.312. The molecule has 0 bridgehead atoms. The van der Waals surface area contributed by atoms with Gasteiger partial charge in [0.2, 0.25) is 0 Å². The summed E-state index contributed by atoms with van der Waals surface area (Å²) in [4.78, 5) is 5.54. The first-order valence-corrected chi connectivity index (χ1v) is 40.7. The van der Waals surface area contributed by atoms with Gasteiger partial charge in [0.25, 0.3) is 0 Å². The summed E-state index contributed by atoms with van der Waals surface area (Å²) >= 11 is 3.69. The molecule has 0 saturated carbocycles. The zero-order valence-corrected chi connectivity index (χ0v) is 63.2. The van der Waals surface area contributed by atoms with Gasteiger partial charge in [-0.15, -0.1) is 22.7 Å². The first-order valence-electron chi connectivity index (χ1n) is 39.0. The Bertz CT molecular complexity index is 7450. The molecule has 23 rings (SSSR count). The molecule has 0 radical (unpaired) electrons. The normalized spacial score (nSPS) is 16.7. The van der Waals surface area contributed by atoms with Crippen LogP contribution in [-0.2, 0) is 0 Å². The van der Waals surface area contributed by atoms with Crippen molar-refractivity contribution in [3.05, 3.63) is 397 Å². The second kappa shape index (κ2) is 27.2. The van der Waals surface area contributed by atoms with E-state index in [0.717, 1.165) is 116 Å². The zero-order valence-electron chi connectivity index (χ0n) is 61.6. The number of amidine groups is 1. The Hall–Kier alpha value is -13.4. The second-order valence-corrected chi connectivity index (χ2v) is 32.3. The fourth-order valence-electron chi connectivity index (χ4n) is 18.0.